The highest BCUT2D eigenvalue weighted by atomic mass is 14.9. The van der Waals surface area contributed by atoms with Gasteiger partial charge in [-0.3, -0.25) is 0 Å². The van der Waals surface area contributed by atoms with E-state index in [4.69, 9.17) is 0 Å². The van der Waals surface area contributed by atoms with Crippen LogP contribution in [-0.2, 0) is 0 Å². The van der Waals surface area contributed by atoms with Crippen molar-refractivity contribution in [2.24, 2.45) is 0 Å². The Labute approximate surface area is 108 Å². The number of aryl methyl sites for hydroxylation is 1. The zero-order chi connectivity index (χ0) is 12.8. The number of rotatable bonds is 5. The number of hydrogen-bond donors (Lipinski definition) is 2. The molecule has 0 aliphatic rings. The molecular formula is C16H18N2. The van der Waals surface area contributed by atoms with E-state index in [1.54, 1.807) is 0 Å². The van der Waals surface area contributed by atoms with Crippen LogP contribution in [-0.4, -0.2) is 6.54 Å². The van der Waals surface area contributed by atoms with Gasteiger partial charge < -0.3 is 10.6 Å². The third-order valence-corrected chi connectivity index (χ3v) is 2.69. The molecule has 0 heterocycles. The Balaban J connectivity index is 2.17. The van der Waals surface area contributed by atoms with Crippen molar-refractivity contribution >= 4 is 17.1 Å². The third kappa shape index (κ3) is 3.14. The first-order valence-electron chi connectivity index (χ1n) is 6.07. The van der Waals surface area contributed by atoms with E-state index in [0.717, 1.165) is 23.6 Å². The lowest BCUT2D eigenvalue weighted by molar-refractivity contribution is 1.34. The summed E-state index contributed by atoms with van der Waals surface area (Å²) in [6.07, 6.45) is 1.85. The van der Waals surface area contributed by atoms with Gasteiger partial charge >= 0.3 is 0 Å². The Morgan fingerprint density at radius 2 is 1.67 bits per heavy atom. The Kier molecular flexibility index (Phi) is 4.02. The van der Waals surface area contributed by atoms with E-state index in [0.29, 0.717) is 0 Å². The summed E-state index contributed by atoms with van der Waals surface area (Å²) in [5.41, 5.74) is 4.51. The second-order valence-electron chi connectivity index (χ2n) is 4.21. The summed E-state index contributed by atoms with van der Waals surface area (Å²) in [4.78, 5) is 0. The van der Waals surface area contributed by atoms with Crippen LogP contribution in [0.15, 0.2) is 61.2 Å². The Morgan fingerprint density at radius 1 is 1.00 bits per heavy atom. The van der Waals surface area contributed by atoms with Crippen molar-refractivity contribution in [2.45, 2.75) is 6.92 Å². The molecular weight excluding hydrogens is 220 g/mol. The van der Waals surface area contributed by atoms with E-state index in [2.05, 4.69) is 60.5 Å². The van der Waals surface area contributed by atoms with Gasteiger partial charge in [0.25, 0.3) is 0 Å². The summed E-state index contributed by atoms with van der Waals surface area (Å²) in [7, 11) is 0. The molecule has 92 valence electrons. The van der Waals surface area contributed by atoms with E-state index < -0.39 is 0 Å². The lowest BCUT2D eigenvalue weighted by Crippen LogP contribution is -2.01. The summed E-state index contributed by atoms with van der Waals surface area (Å²) >= 11 is 0. The van der Waals surface area contributed by atoms with Gasteiger partial charge in [-0.15, -0.1) is 6.58 Å². The van der Waals surface area contributed by atoms with Gasteiger partial charge in [0.15, 0.2) is 0 Å². The Hall–Kier alpha value is -2.22. The van der Waals surface area contributed by atoms with Crippen LogP contribution in [0.3, 0.4) is 0 Å². The van der Waals surface area contributed by atoms with E-state index >= 15 is 0 Å². The van der Waals surface area contributed by atoms with Gasteiger partial charge in [0.2, 0.25) is 0 Å². The second-order valence-corrected chi connectivity index (χ2v) is 4.21. The van der Waals surface area contributed by atoms with Crippen molar-refractivity contribution in [1.82, 2.24) is 0 Å². The van der Waals surface area contributed by atoms with E-state index in [-0.39, 0.29) is 0 Å². The molecule has 0 saturated carbocycles. The van der Waals surface area contributed by atoms with Crippen molar-refractivity contribution in [1.29, 1.82) is 0 Å². The molecule has 2 aromatic rings. The van der Waals surface area contributed by atoms with Crippen LogP contribution in [0, 0.1) is 6.92 Å². The lowest BCUT2D eigenvalue weighted by atomic mass is 10.2. The first kappa shape index (κ1) is 12.2. The second kappa shape index (κ2) is 5.92. The number of hydrogen-bond acceptors (Lipinski definition) is 2. The molecule has 0 radical (unpaired) electrons. The van der Waals surface area contributed by atoms with Gasteiger partial charge in [-0.2, -0.15) is 0 Å². The molecule has 18 heavy (non-hydrogen) atoms. The largest absolute Gasteiger partial charge is 0.380 e. The first-order valence-corrected chi connectivity index (χ1v) is 6.07. The maximum atomic E-state index is 3.72. The maximum Gasteiger partial charge on any atom is 0.0620 e. The quantitative estimate of drug-likeness (QED) is 0.757. The van der Waals surface area contributed by atoms with Crippen LogP contribution in [0.2, 0.25) is 0 Å². The zero-order valence-electron chi connectivity index (χ0n) is 10.6. The number of anilines is 3. The van der Waals surface area contributed by atoms with Crippen LogP contribution in [0.5, 0.6) is 0 Å². The van der Waals surface area contributed by atoms with Crippen molar-refractivity contribution in [3.8, 4) is 0 Å². The molecule has 0 amide bonds. The SMILES string of the molecule is C=CCNc1ccccc1Nc1ccc(C)cc1. The van der Waals surface area contributed by atoms with Crippen molar-refractivity contribution in [3.63, 3.8) is 0 Å². The summed E-state index contributed by atoms with van der Waals surface area (Å²) in [5, 5.41) is 6.73. The van der Waals surface area contributed by atoms with Gasteiger partial charge in [-0.25, -0.2) is 0 Å². The van der Waals surface area contributed by atoms with E-state index in [9.17, 15) is 0 Å². The highest BCUT2D eigenvalue weighted by Crippen LogP contribution is 2.25. The minimum atomic E-state index is 0.757. The highest BCUT2D eigenvalue weighted by Gasteiger charge is 2.00. The predicted octanol–water partition coefficient (Wildman–Crippen LogP) is 4.34. The summed E-state index contributed by atoms with van der Waals surface area (Å²) in [6, 6.07) is 16.5. The molecule has 2 nitrogen and oxygen atoms in total. The molecule has 2 N–H and O–H groups in total. The molecule has 0 unspecified atom stereocenters. The summed E-state index contributed by atoms with van der Waals surface area (Å²) in [6.45, 7) is 6.56. The molecule has 2 rings (SSSR count). The van der Waals surface area contributed by atoms with Gasteiger partial charge in [0.05, 0.1) is 11.4 Å². The van der Waals surface area contributed by atoms with Crippen molar-refractivity contribution < 1.29 is 0 Å². The van der Waals surface area contributed by atoms with Crippen LogP contribution in [0.25, 0.3) is 0 Å². The molecule has 0 atom stereocenters. The molecule has 0 fully saturated rings. The normalized spacial score (nSPS) is 9.83. The molecule has 2 aromatic carbocycles. The molecule has 0 aliphatic carbocycles. The topological polar surface area (TPSA) is 24.1 Å². The fraction of sp³-hybridized carbons (Fsp3) is 0.125. The lowest BCUT2D eigenvalue weighted by Gasteiger charge is -2.13. The van der Waals surface area contributed by atoms with E-state index in [1.807, 2.05) is 18.2 Å². The standard InChI is InChI=1S/C16H18N2/c1-3-12-17-15-6-4-5-7-16(15)18-14-10-8-13(2)9-11-14/h3-11,17-18H,1,12H2,2H3. The fourth-order valence-corrected chi connectivity index (χ4v) is 1.72. The van der Waals surface area contributed by atoms with Gasteiger partial charge in [-0.05, 0) is 31.2 Å². The van der Waals surface area contributed by atoms with E-state index in [1.165, 1.54) is 5.56 Å². The van der Waals surface area contributed by atoms with Gasteiger partial charge in [0.1, 0.15) is 0 Å². The number of benzene rings is 2. The molecule has 2 heteroatoms. The van der Waals surface area contributed by atoms with Crippen molar-refractivity contribution in [3.05, 3.63) is 66.7 Å². The average Bonchev–Trinajstić information content (AvgIpc) is 2.40. The summed E-state index contributed by atoms with van der Waals surface area (Å²) < 4.78 is 0. The van der Waals surface area contributed by atoms with Gasteiger partial charge in [-0.1, -0.05) is 35.9 Å². The molecule has 0 aromatic heterocycles. The van der Waals surface area contributed by atoms with Crippen LogP contribution in [0.1, 0.15) is 5.56 Å². The maximum absolute atomic E-state index is 3.72. The predicted molar refractivity (Wildman–Crippen MR) is 79.6 cm³/mol. The first-order chi connectivity index (χ1) is 8.79. The summed E-state index contributed by atoms with van der Waals surface area (Å²) in [5.74, 6) is 0. The monoisotopic (exact) mass is 238 g/mol. The van der Waals surface area contributed by atoms with Gasteiger partial charge in [0, 0.05) is 12.2 Å². The van der Waals surface area contributed by atoms with Crippen LogP contribution in [0.4, 0.5) is 17.1 Å². The minimum absolute atomic E-state index is 0.757. The molecule has 0 spiro atoms. The molecule has 0 bridgehead atoms. The molecule has 0 aliphatic heterocycles. The highest BCUT2D eigenvalue weighted by molar-refractivity contribution is 5.74. The zero-order valence-corrected chi connectivity index (χ0v) is 10.6. The smallest absolute Gasteiger partial charge is 0.0620 e. The van der Waals surface area contributed by atoms with Crippen LogP contribution >= 0.6 is 0 Å². The fourth-order valence-electron chi connectivity index (χ4n) is 1.72. The minimum Gasteiger partial charge on any atom is -0.380 e. The molecule has 0 saturated heterocycles. The number of para-hydroxylation sites is 2. The Bertz CT molecular complexity index is 515. The Morgan fingerprint density at radius 3 is 2.33 bits per heavy atom. The average molecular weight is 238 g/mol. The van der Waals surface area contributed by atoms with Crippen molar-refractivity contribution in [2.75, 3.05) is 17.2 Å². The third-order valence-electron chi connectivity index (χ3n) is 2.69. The number of nitrogens with one attached hydrogen (secondary N) is 2. The van der Waals surface area contributed by atoms with Crippen LogP contribution < -0.4 is 10.6 Å².